The first-order valence-electron chi connectivity index (χ1n) is 6.39. The molecule has 1 aliphatic rings. The van der Waals surface area contributed by atoms with Gasteiger partial charge in [0.2, 0.25) is 5.91 Å². The Labute approximate surface area is 120 Å². The molecule has 3 rings (SSSR count). The van der Waals surface area contributed by atoms with Crippen LogP contribution in [0.1, 0.15) is 10.4 Å². The molecule has 1 saturated heterocycles. The van der Waals surface area contributed by atoms with E-state index in [1.54, 1.807) is 17.4 Å². The molecule has 0 aliphatic carbocycles. The molecule has 20 heavy (non-hydrogen) atoms. The van der Waals surface area contributed by atoms with Gasteiger partial charge in [0.15, 0.2) is 5.13 Å². The van der Waals surface area contributed by atoms with E-state index in [0.29, 0.717) is 5.56 Å². The Morgan fingerprint density at radius 3 is 2.45 bits per heavy atom. The quantitative estimate of drug-likeness (QED) is 0.911. The number of thiazole rings is 1. The van der Waals surface area contributed by atoms with Crippen LogP contribution in [-0.4, -0.2) is 42.1 Å². The molecule has 0 bridgehead atoms. The molecule has 0 saturated carbocycles. The van der Waals surface area contributed by atoms with E-state index in [1.165, 1.54) is 6.20 Å². The van der Waals surface area contributed by atoms with Gasteiger partial charge in [-0.25, -0.2) is 9.97 Å². The Morgan fingerprint density at radius 1 is 1.15 bits per heavy atom. The van der Waals surface area contributed by atoms with E-state index in [9.17, 15) is 4.79 Å². The smallest absolute Gasteiger partial charge is 0.250 e. The van der Waals surface area contributed by atoms with Crippen molar-refractivity contribution in [2.45, 2.75) is 0 Å². The summed E-state index contributed by atoms with van der Waals surface area (Å²) in [7, 11) is 0. The van der Waals surface area contributed by atoms with Crippen LogP contribution in [0.5, 0.6) is 0 Å². The van der Waals surface area contributed by atoms with Gasteiger partial charge in [-0.1, -0.05) is 0 Å². The summed E-state index contributed by atoms with van der Waals surface area (Å²) in [5.41, 5.74) is 5.65. The fourth-order valence-corrected chi connectivity index (χ4v) is 2.91. The second-order valence-corrected chi connectivity index (χ2v) is 5.43. The number of hydrogen-bond donors (Lipinski definition) is 1. The average molecular weight is 289 g/mol. The van der Waals surface area contributed by atoms with Gasteiger partial charge in [0.25, 0.3) is 0 Å². The molecule has 1 amide bonds. The summed E-state index contributed by atoms with van der Waals surface area (Å²) in [5, 5.41) is 3.06. The minimum atomic E-state index is -0.447. The molecule has 0 atom stereocenters. The largest absolute Gasteiger partial charge is 0.366 e. The molecule has 2 aromatic heterocycles. The number of primary amides is 1. The molecule has 104 valence electrons. The van der Waals surface area contributed by atoms with Gasteiger partial charge in [0.05, 0.1) is 5.56 Å². The van der Waals surface area contributed by atoms with Crippen LogP contribution in [0.4, 0.5) is 10.9 Å². The van der Waals surface area contributed by atoms with Gasteiger partial charge >= 0.3 is 0 Å². The zero-order valence-electron chi connectivity index (χ0n) is 10.9. The van der Waals surface area contributed by atoms with Gasteiger partial charge in [0, 0.05) is 44.0 Å². The maximum absolute atomic E-state index is 11.0. The normalized spacial score (nSPS) is 15.4. The molecular weight excluding hydrogens is 274 g/mol. The molecule has 3 heterocycles. The average Bonchev–Trinajstić information content (AvgIpc) is 3.02. The first-order chi connectivity index (χ1) is 9.74. The molecule has 0 radical (unpaired) electrons. The minimum Gasteiger partial charge on any atom is -0.366 e. The van der Waals surface area contributed by atoms with Crippen molar-refractivity contribution in [1.82, 2.24) is 9.97 Å². The van der Waals surface area contributed by atoms with Gasteiger partial charge in [-0.3, -0.25) is 4.79 Å². The summed E-state index contributed by atoms with van der Waals surface area (Å²) >= 11 is 1.66. The predicted octanol–water partition coefficient (Wildman–Crippen LogP) is 0.964. The topological polar surface area (TPSA) is 75.4 Å². The Bertz CT molecular complexity index is 575. The molecule has 6 nitrogen and oxygen atoms in total. The summed E-state index contributed by atoms with van der Waals surface area (Å²) in [6, 6.07) is 3.57. The van der Waals surface area contributed by atoms with Crippen LogP contribution in [0.15, 0.2) is 29.9 Å². The number of hydrogen-bond acceptors (Lipinski definition) is 6. The van der Waals surface area contributed by atoms with Gasteiger partial charge < -0.3 is 15.5 Å². The van der Waals surface area contributed by atoms with E-state index in [0.717, 1.165) is 37.1 Å². The first-order valence-corrected chi connectivity index (χ1v) is 7.27. The number of carbonyl (C=O) groups excluding carboxylic acids is 1. The number of aromatic nitrogens is 2. The van der Waals surface area contributed by atoms with Crippen molar-refractivity contribution in [3.05, 3.63) is 35.5 Å². The third-order valence-corrected chi connectivity index (χ3v) is 4.16. The maximum Gasteiger partial charge on any atom is 0.250 e. The molecule has 0 unspecified atom stereocenters. The highest BCUT2D eigenvalue weighted by atomic mass is 32.1. The monoisotopic (exact) mass is 289 g/mol. The molecule has 0 aromatic carbocycles. The van der Waals surface area contributed by atoms with Crippen LogP contribution >= 0.6 is 11.3 Å². The lowest BCUT2D eigenvalue weighted by atomic mass is 10.2. The van der Waals surface area contributed by atoms with Crippen LogP contribution in [0, 0.1) is 0 Å². The zero-order chi connectivity index (χ0) is 13.9. The number of carbonyl (C=O) groups is 1. The molecular formula is C13H15N5OS. The maximum atomic E-state index is 11.0. The predicted molar refractivity (Wildman–Crippen MR) is 79.3 cm³/mol. The molecule has 1 aliphatic heterocycles. The highest BCUT2D eigenvalue weighted by Crippen LogP contribution is 2.21. The van der Waals surface area contributed by atoms with E-state index < -0.39 is 5.91 Å². The number of nitrogens with two attached hydrogens (primary N) is 1. The van der Waals surface area contributed by atoms with Crippen molar-refractivity contribution in [3.63, 3.8) is 0 Å². The highest BCUT2D eigenvalue weighted by Gasteiger charge is 2.19. The summed E-state index contributed by atoms with van der Waals surface area (Å²) in [6.07, 6.45) is 3.36. The van der Waals surface area contributed by atoms with Gasteiger partial charge in [-0.05, 0) is 12.1 Å². The van der Waals surface area contributed by atoms with Crippen molar-refractivity contribution >= 4 is 28.2 Å². The van der Waals surface area contributed by atoms with Crippen molar-refractivity contribution in [3.8, 4) is 0 Å². The summed E-state index contributed by atoms with van der Waals surface area (Å²) in [6.45, 7) is 3.63. The van der Waals surface area contributed by atoms with Crippen LogP contribution in [0.3, 0.4) is 0 Å². The molecule has 2 N–H and O–H groups in total. The second kappa shape index (κ2) is 5.46. The number of amides is 1. The number of rotatable bonds is 3. The zero-order valence-corrected chi connectivity index (χ0v) is 11.7. The Balaban J connectivity index is 1.64. The highest BCUT2D eigenvalue weighted by molar-refractivity contribution is 7.13. The third-order valence-electron chi connectivity index (χ3n) is 3.33. The molecule has 2 aromatic rings. The molecule has 7 heteroatoms. The van der Waals surface area contributed by atoms with E-state index >= 15 is 0 Å². The van der Waals surface area contributed by atoms with Crippen LogP contribution < -0.4 is 15.5 Å². The van der Waals surface area contributed by atoms with Crippen LogP contribution in [0.25, 0.3) is 0 Å². The second-order valence-electron chi connectivity index (χ2n) is 4.56. The lowest BCUT2D eigenvalue weighted by Crippen LogP contribution is -2.46. The van der Waals surface area contributed by atoms with Crippen molar-refractivity contribution < 1.29 is 4.79 Å². The van der Waals surface area contributed by atoms with Crippen molar-refractivity contribution in [2.24, 2.45) is 5.73 Å². The van der Waals surface area contributed by atoms with E-state index in [2.05, 4.69) is 19.8 Å². The van der Waals surface area contributed by atoms with E-state index in [4.69, 9.17) is 5.73 Å². The lowest BCUT2D eigenvalue weighted by Gasteiger charge is -2.35. The van der Waals surface area contributed by atoms with Crippen molar-refractivity contribution in [1.29, 1.82) is 0 Å². The fourth-order valence-electron chi connectivity index (χ4n) is 2.22. The van der Waals surface area contributed by atoms with Gasteiger partial charge in [0.1, 0.15) is 5.82 Å². The minimum absolute atomic E-state index is 0.440. The van der Waals surface area contributed by atoms with Gasteiger partial charge in [-0.2, -0.15) is 0 Å². The van der Waals surface area contributed by atoms with E-state index in [-0.39, 0.29) is 0 Å². The van der Waals surface area contributed by atoms with Crippen LogP contribution in [-0.2, 0) is 0 Å². The number of nitrogens with zero attached hydrogens (tertiary/aromatic N) is 4. The summed E-state index contributed by atoms with van der Waals surface area (Å²) in [5.74, 6) is 0.437. The standard InChI is InChI=1S/C13H15N5OS/c14-12(19)10-1-2-11(16-9-10)17-4-6-18(7-5-17)13-15-3-8-20-13/h1-3,8-9H,4-7H2,(H2,14,19). The Kier molecular flexibility index (Phi) is 3.51. The van der Waals surface area contributed by atoms with Crippen molar-refractivity contribution in [2.75, 3.05) is 36.0 Å². The molecule has 1 fully saturated rings. The van der Waals surface area contributed by atoms with E-state index in [1.807, 2.05) is 17.6 Å². The van der Waals surface area contributed by atoms with Gasteiger partial charge in [-0.15, -0.1) is 11.3 Å². The number of piperazine rings is 1. The Morgan fingerprint density at radius 2 is 1.90 bits per heavy atom. The fraction of sp³-hybridized carbons (Fsp3) is 0.308. The molecule has 0 spiro atoms. The Hall–Kier alpha value is -2.15. The first kappa shape index (κ1) is 12.9. The summed E-state index contributed by atoms with van der Waals surface area (Å²) in [4.78, 5) is 24.1. The number of pyridine rings is 1. The lowest BCUT2D eigenvalue weighted by molar-refractivity contribution is 0.1000. The SMILES string of the molecule is NC(=O)c1ccc(N2CCN(c3nccs3)CC2)nc1. The summed E-state index contributed by atoms with van der Waals surface area (Å²) < 4.78 is 0. The van der Waals surface area contributed by atoms with Crippen LogP contribution in [0.2, 0.25) is 0 Å². The third kappa shape index (κ3) is 2.57. The number of anilines is 2.